The van der Waals surface area contributed by atoms with Gasteiger partial charge in [-0.3, -0.25) is 19.8 Å². The number of hydrogen-bond acceptors (Lipinski definition) is 6. The van der Waals surface area contributed by atoms with E-state index in [0.717, 1.165) is 74.1 Å². The Morgan fingerprint density at radius 2 is 1.47 bits per heavy atom. The van der Waals surface area contributed by atoms with Crippen molar-refractivity contribution in [1.29, 1.82) is 0 Å². The van der Waals surface area contributed by atoms with Crippen molar-refractivity contribution in [3.8, 4) is 0 Å². The summed E-state index contributed by atoms with van der Waals surface area (Å²) in [5.74, 6) is 0.751. The molecule has 0 unspecified atom stereocenters. The molecule has 0 aliphatic carbocycles. The maximum absolute atomic E-state index is 12.7. The first-order valence-electron chi connectivity index (χ1n) is 21.2. The first kappa shape index (κ1) is 41.3. The van der Waals surface area contributed by atoms with Crippen LogP contribution in [-0.2, 0) is 9.59 Å². The molecule has 5 rings (SSSR count). The number of nitrogens with one attached hydrogen (secondary N) is 1. The molecule has 0 aromatic rings. The van der Waals surface area contributed by atoms with Crippen molar-refractivity contribution in [2.75, 3.05) is 0 Å². The number of primary amides is 1. The molecule has 1 fully saturated rings. The van der Waals surface area contributed by atoms with Crippen LogP contribution in [0.1, 0.15) is 168 Å². The number of Topliss-reactive ketones (excluding diaryl/α,β-unsaturated/α-hetero) is 1. The summed E-state index contributed by atoms with van der Waals surface area (Å²) < 4.78 is 0. The van der Waals surface area contributed by atoms with E-state index in [-0.39, 0.29) is 51.2 Å². The second-order valence-electron chi connectivity index (χ2n) is 18.9. The van der Waals surface area contributed by atoms with Gasteiger partial charge >= 0.3 is 0 Å². The number of nitrogens with zero attached hydrogens (tertiary/aromatic N) is 3. The van der Waals surface area contributed by atoms with E-state index in [9.17, 15) is 9.59 Å². The van der Waals surface area contributed by atoms with Crippen LogP contribution in [0.2, 0.25) is 0 Å². The number of aliphatic imine (C=N–C) groups is 3. The van der Waals surface area contributed by atoms with Crippen molar-refractivity contribution in [3.05, 3.63) is 34.3 Å². The molecule has 5 aliphatic heterocycles. The smallest absolute Gasteiger partial charge is 0.217 e. The van der Waals surface area contributed by atoms with E-state index >= 15 is 0 Å². The Balaban J connectivity index is 1.95. The van der Waals surface area contributed by atoms with Gasteiger partial charge < -0.3 is 15.8 Å². The highest BCUT2D eigenvalue weighted by Gasteiger charge is 2.64. The van der Waals surface area contributed by atoms with Gasteiger partial charge in [-0.15, -0.1) is 0 Å². The summed E-state index contributed by atoms with van der Waals surface area (Å²) in [6.07, 6.45) is 11.9. The monoisotopic (exact) mass is 728 g/mol. The number of rotatable bonds is 13. The second kappa shape index (κ2) is 14.7. The first-order chi connectivity index (χ1) is 24.8. The molecule has 8 bridgehead atoms. The quantitative estimate of drug-likeness (QED) is 0.197. The van der Waals surface area contributed by atoms with Crippen molar-refractivity contribution in [3.63, 3.8) is 0 Å². The Hall–Kier alpha value is -2.83. The number of carbonyl (C=O) groups is 2. The van der Waals surface area contributed by atoms with Gasteiger partial charge in [0.05, 0.1) is 11.6 Å². The predicted molar refractivity (Wildman–Crippen MR) is 222 cm³/mol. The number of allylic oxidation sites excluding steroid dienone is 6. The summed E-state index contributed by atoms with van der Waals surface area (Å²) >= 11 is 0. The first-order valence-corrected chi connectivity index (χ1v) is 21.2. The number of amides is 1. The van der Waals surface area contributed by atoms with E-state index in [4.69, 9.17) is 20.7 Å². The third kappa shape index (κ3) is 6.26. The highest BCUT2D eigenvalue weighted by atomic mass is 16.1. The van der Waals surface area contributed by atoms with E-state index < -0.39 is 5.54 Å². The van der Waals surface area contributed by atoms with Gasteiger partial charge in [0.15, 0.2) is 0 Å². The van der Waals surface area contributed by atoms with E-state index in [2.05, 4.69) is 101 Å². The van der Waals surface area contributed by atoms with Crippen LogP contribution in [0.25, 0.3) is 0 Å². The van der Waals surface area contributed by atoms with Crippen LogP contribution in [0.3, 0.4) is 0 Å². The molecule has 0 aromatic heterocycles. The van der Waals surface area contributed by atoms with Crippen molar-refractivity contribution in [1.82, 2.24) is 5.32 Å². The summed E-state index contributed by atoms with van der Waals surface area (Å²) in [5, 5.41) is 4.11. The number of nitrogens with two attached hydrogens (primary N) is 1. The maximum Gasteiger partial charge on any atom is 0.217 e. The van der Waals surface area contributed by atoms with Gasteiger partial charge in [-0.25, -0.2) is 0 Å². The van der Waals surface area contributed by atoms with E-state index in [1.54, 1.807) is 6.92 Å². The lowest BCUT2D eigenvalue weighted by molar-refractivity contribution is -0.118. The third-order valence-electron chi connectivity index (χ3n) is 15.8. The summed E-state index contributed by atoms with van der Waals surface area (Å²) in [6, 6.07) is -0.0581. The number of hydrogen-bond donors (Lipinski definition) is 2. The van der Waals surface area contributed by atoms with Gasteiger partial charge in [-0.2, -0.15) is 0 Å². The van der Waals surface area contributed by atoms with Crippen LogP contribution in [-0.4, -0.2) is 40.4 Å². The van der Waals surface area contributed by atoms with Gasteiger partial charge in [0, 0.05) is 86.5 Å². The fourth-order valence-electron chi connectivity index (χ4n) is 11.9. The van der Waals surface area contributed by atoms with Crippen LogP contribution in [0.15, 0.2) is 49.3 Å². The zero-order valence-corrected chi connectivity index (χ0v) is 36.0. The van der Waals surface area contributed by atoms with Crippen molar-refractivity contribution >= 4 is 28.8 Å². The topological polar surface area (TPSA) is 109 Å². The Labute approximate surface area is 322 Å². The lowest BCUT2D eigenvalue weighted by atomic mass is 9.56. The second-order valence-corrected chi connectivity index (χ2v) is 18.9. The molecule has 0 aromatic carbocycles. The largest absolute Gasteiger partial charge is 0.370 e. The molecule has 294 valence electrons. The molecule has 9 atom stereocenters. The van der Waals surface area contributed by atoms with Crippen LogP contribution >= 0.6 is 0 Å². The van der Waals surface area contributed by atoms with E-state index in [0.29, 0.717) is 31.1 Å². The fourth-order valence-corrected chi connectivity index (χ4v) is 11.9. The summed E-state index contributed by atoms with van der Waals surface area (Å²) in [5.41, 5.74) is 13.9. The molecular weight excluding hydrogens is 655 g/mol. The third-order valence-corrected chi connectivity index (χ3v) is 15.8. The molecule has 1 saturated heterocycles. The average Bonchev–Trinajstić information content (AvgIpc) is 3.73. The SMILES string of the molecule is CCC[C@@H]1C2=N[C@@](C)([C@@H]3N=C(/C(C)=C4N=C(/C=C5\N/C(=C\2C)[C@@](C)(CC)[C@@H]5CCC)C(C)(C)[C@@H]\4CCC(N)=O)[C@](C)(CCC(C)=O)[C@H]3CC)[C@@]1(C)CC. The molecule has 53 heavy (non-hydrogen) atoms. The Bertz CT molecular complexity index is 1690. The highest BCUT2D eigenvalue weighted by Crippen LogP contribution is 2.62. The van der Waals surface area contributed by atoms with Crippen LogP contribution in [0.5, 0.6) is 0 Å². The molecule has 0 radical (unpaired) electrons. The molecule has 5 aliphatic rings. The van der Waals surface area contributed by atoms with E-state index in [1.807, 2.05) is 0 Å². The van der Waals surface area contributed by atoms with Crippen molar-refractivity contribution in [2.24, 2.45) is 66.0 Å². The van der Waals surface area contributed by atoms with Crippen LogP contribution in [0, 0.1) is 45.3 Å². The number of carbonyl (C=O) groups excluding carboxylic acids is 2. The predicted octanol–water partition coefficient (Wildman–Crippen LogP) is 10.5. The summed E-state index contributed by atoms with van der Waals surface area (Å²) in [6.45, 7) is 32.3. The van der Waals surface area contributed by atoms with Crippen molar-refractivity contribution < 1.29 is 9.59 Å². The summed E-state index contributed by atoms with van der Waals surface area (Å²) in [7, 11) is 0. The highest BCUT2D eigenvalue weighted by molar-refractivity contribution is 6.10. The average molecular weight is 728 g/mol. The number of ketones is 1. The zero-order valence-electron chi connectivity index (χ0n) is 36.0. The Morgan fingerprint density at radius 1 is 0.830 bits per heavy atom. The molecule has 0 spiro atoms. The van der Waals surface area contributed by atoms with Gasteiger partial charge in [0.1, 0.15) is 5.78 Å². The molecule has 5 heterocycles. The minimum absolute atomic E-state index is 0.00416. The van der Waals surface area contributed by atoms with Gasteiger partial charge in [0.2, 0.25) is 5.91 Å². The van der Waals surface area contributed by atoms with Crippen LogP contribution < -0.4 is 11.1 Å². The molecule has 7 nitrogen and oxygen atoms in total. The zero-order chi connectivity index (χ0) is 39.5. The number of fused-ring (bicyclic) bond motifs is 6. The normalized spacial score (nSPS) is 41.2. The maximum atomic E-state index is 12.7. The molecule has 1 amide bonds. The fraction of sp³-hybridized carbons (Fsp3) is 0.761. The molecule has 7 heteroatoms. The lowest BCUT2D eigenvalue weighted by Crippen LogP contribution is -2.54. The lowest BCUT2D eigenvalue weighted by Gasteiger charge is -2.48. The molecular formula is C46H73N5O2. The molecule has 0 saturated carbocycles. The van der Waals surface area contributed by atoms with Gasteiger partial charge in [-0.1, -0.05) is 88.5 Å². The Morgan fingerprint density at radius 3 is 2.02 bits per heavy atom. The van der Waals surface area contributed by atoms with Crippen LogP contribution in [0.4, 0.5) is 0 Å². The minimum atomic E-state index is -0.457. The van der Waals surface area contributed by atoms with Gasteiger partial charge in [0.25, 0.3) is 0 Å². The Kier molecular flexibility index (Phi) is 11.4. The van der Waals surface area contributed by atoms with E-state index in [1.165, 1.54) is 22.7 Å². The minimum Gasteiger partial charge on any atom is -0.370 e. The standard InChI is InChI=1S/C46H73N5O2/c1-15-20-31-34-26-35-42(9,10)32(22-23-36(47)53)37(49-35)28(7)40-44(12,25-24-27(6)52)30(17-3)41(50-40)46(14)45(13,19-5)33(21-16-2)38(51-46)29(8)39(48-34)43(31,11)18-4/h26,30-33,41,48H,15-25H2,1-14H3,(H2,47,53)/b34-26-,37-28-,39-29-/t30-,31+,32+,33+,41+,43-,44+,45-,46-/m0/s1. The summed E-state index contributed by atoms with van der Waals surface area (Å²) in [4.78, 5) is 42.7. The molecule has 3 N–H and O–H groups in total. The van der Waals surface area contributed by atoms with Crippen molar-refractivity contribution in [2.45, 2.75) is 179 Å². The van der Waals surface area contributed by atoms with Gasteiger partial charge in [-0.05, 0) is 89.4 Å².